The van der Waals surface area contributed by atoms with Crippen molar-refractivity contribution in [3.8, 4) is 0 Å². The van der Waals surface area contributed by atoms with Crippen molar-refractivity contribution in [3.63, 3.8) is 0 Å². The molecule has 0 spiro atoms. The summed E-state index contributed by atoms with van der Waals surface area (Å²) in [5.74, 6) is 0.704. The maximum absolute atomic E-state index is 3.48. The summed E-state index contributed by atoms with van der Waals surface area (Å²) in [7, 11) is 0. The van der Waals surface area contributed by atoms with Crippen LogP contribution < -0.4 is 5.32 Å². The van der Waals surface area contributed by atoms with Gasteiger partial charge in [-0.15, -0.1) is 0 Å². The Bertz CT molecular complexity index is 329. The first-order valence-electron chi connectivity index (χ1n) is 5.56. The largest absolute Gasteiger partial charge is 0.316 e. The van der Waals surface area contributed by atoms with Crippen LogP contribution in [0.3, 0.4) is 0 Å². The van der Waals surface area contributed by atoms with E-state index in [4.69, 9.17) is 0 Å². The van der Waals surface area contributed by atoms with Crippen LogP contribution in [0.2, 0.25) is 0 Å². The van der Waals surface area contributed by atoms with Crippen molar-refractivity contribution in [2.24, 2.45) is 5.41 Å². The summed E-state index contributed by atoms with van der Waals surface area (Å²) in [5, 5.41) is 3.48. The van der Waals surface area contributed by atoms with E-state index >= 15 is 0 Å². The van der Waals surface area contributed by atoms with Crippen LogP contribution in [0, 0.1) is 8.99 Å². The SMILES string of the molecule is CC1(C)CNCCC1c1ccc(I)cc1. The van der Waals surface area contributed by atoms with Gasteiger partial charge >= 0.3 is 0 Å². The highest BCUT2D eigenvalue weighted by atomic mass is 127. The molecule has 0 radical (unpaired) electrons. The molecule has 1 saturated heterocycles. The van der Waals surface area contributed by atoms with Gasteiger partial charge < -0.3 is 5.32 Å². The molecule has 2 rings (SSSR count). The number of hydrogen-bond donors (Lipinski definition) is 1. The molecule has 1 aromatic carbocycles. The lowest BCUT2D eigenvalue weighted by Gasteiger charge is -2.39. The lowest BCUT2D eigenvalue weighted by Crippen LogP contribution is -2.41. The van der Waals surface area contributed by atoms with Gasteiger partial charge in [0.2, 0.25) is 0 Å². The Morgan fingerprint density at radius 1 is 1.27 bits per heavy atom. The zero-order valence-electron chi connectivity index (χ0n) is 9.39. The predicted molar refractivity (Wildman–Crippen MR) is 73.2 cm³/mol. The fraction of sp³-hybridized carbons (Fsp3) is 0.538. The Labute approximate surface area is 106 Å². The first-order chi connectivity index (χ1) is 7.09. The highest BCUT2D eigenvalue weighted by Crippen LogP contribution is 2.39. The number of hydrogen-bond acceptors (Lipinski definition) is 1. The zero-order valence-corrected chi connectivity index (χ0v) is 11.5. The lowest BCUT2D eigenvalue weighted by atomic mass is 9.71. The summed E-state index contributed by atoms with van der Waals surface area (Å²) in [5.41, 5.74) is 1.88. The van der Waals surface area contributed by atoms with Gasteiger partial charge in [0.05, 0.1) is 0 Å². The Kier molecular flexibility index (Phi) is 3.36. The molecule has 1 unspecified atom stereocenters. The van der Waals surface area contributed by atoms with Gasteiger partial charge in [-0.05, 0) is 64.6 Å². The van der Waals surface area contributed by atoms with E-state index in [2.05, 4.69) is 66.0 Å². The van der Waals surface area contributed by atoms with Gasteiger partial charge in [0, 0.05) is 10.1 Å². The molecular formula is C13H18IN. The Balaban J connectivity index is 2.25. The van der Waals surface area contributed by atoms with Gasteiger partial charge in [-0.1, -0.05) is 26.0 Å². The highest BCUT2D eigenvalue weighted by Gasteiger charge is 2.32. The van der Waals surface area contributed by atoms with Crippen molar-refractivity contribution in [1.82, 2.24) is 5.32 Å². The Morgan fingerprint density at radius 2 is 1.93 bits per heavy atom. The van der Waals surface area contributed by atoms with Gasteiger partial charge in [-0.2, -0.15) is 0 Å². The second-order valence-electron chi connectivity index (χ2n) is 5.06. The summed E-state index contributed by atoms with van der Waals surface area (Å²) >= 11 is 2.36. The molecule has 1 N–H and O–H groups in total. The van der Waals surface area contributed by atoms with E-state index in [-0.39, 0.29) is 0 Å². The van der Waals surface area contributed by atoms with Gasteiger partial charge in [0.25, 0.3) is 0 Å². The van der Waals surface area contributed by atoms with E-state index in [9.17, 15) is 0 Å². The van der Waals surface area contributed by atoms with E-state index in [1.807, 2.05) is 0 Å². The zero-order chi connectivity index (χ0) is 10.9. The molecular weight excluding hydrogens is 297 g/mol. The number of rotatable bonds is 1. The Hall–Kier alpha value is -0.0900. The first kappa shape index (κ1) is 11.4. The molecule has 1 fully saturated rings. The molecule has 0 amide bonds. The maximum Gasteiger partial charge on any atom is 0.0130 e. The summed E-state index contributed by atoms with van der Waals surface area (Å²) in [4.78, 5) is 0. The van der Waals surface area contributed by atoms with Crippen LogP contribution >= 0.6 is 22.6 Å². The van der Waals surface area contributed by atoms with E-state index in [0.717, 1.165) is 13.1 Å². The predicted octanol–water partition coefficient (Wildman–Crippen LogP) is 3.39. The third kappa shape index (κ3) is 2.53. The van der Waals surface area contributed by atoms with Crippen molar-refractivity contribution in [1.29, 1.82) is 0 Å². The quantitative estimate of drug-likeness (QED) is 0.783. The lowest BCUT2D eigenvalue weighted by molar-refractivity contribution is 0.219. The fourth-order valence-electron chi connectivity index (χ4n) is 2.48. The summed E-state index contributed by atoms with van der Waals surface area (Å²) in [6, 6.07) is 9.01. The molecule has 15 heavy (non-hydrogen) atoms. The number of nitrogens with one attached hydrogen (secondary N) is 1. The van der Waals surface area contributed by atoms with Crippen molar-refractivity contribution in [2.45, 2.75) is 26.2 Å². The smallest absolute Gasteiger partial charge is 0.0130 e. The van der Waals surface area contributed by atoms with Crippen LogP contribution in [-0.4, -0.2) is 13.1 Å². The second-order valence-corrected chi connectivity index (χ2v) is 6.30. The molecule has 1 aliphatic heterocycles. The molecule has 1 aromatic rings. The molecule has 1 heterocycles. The van der Waals surface area contributed by atoms with Gasteiger partial charge in [-0.25, -0.2) is 0 Å². The van der Waals surface area contributed by atoms with Gasteiger partial charge in [0.15, 0.2) is 0 Å². The first-order valence-corrected chi connectivity index (χ1v) is 6.64. The van der Waals surface area contributed by atoms with E-state index in [0.29, 0.717) is 11.3 Å². The average Bonchev–Trinajstić information content (AvgIpc) is 2.19. The third-order valence-electron chi connectivity index (χ3n) is 3.41. The van der Waals surface area contributed by atoms with Crippen LogP contribution in [0.25, 0.3) is 0 Å². The molecule has 1 aliphatic rings. The Morgan fingerprint density at radius 3 is 2.53 bits per heavy atom. The van der Waals surface area contributed by atoms with Crippen molar-refractivity contribution in [3.05, 3.63) is 33.4 Å². The normalized spacial score (nSPS) is 25.1. The minimum atomic E-state index is 0.380. The van der Waals surface area contributed by atoms with E-state index in [1.165, 1.54) is 15.6 Å². The maximum atomic E-state index is 3.48. The fourth-order valence-corrected chi connectivity index (χ4v) is 2.84. The minimum Gasteiger partial charge on any atom is -0.316 e. The molecule has 1 nitrogen and oxygen atoms in total. The highest BCUT2D eigenvalue weighted by molar-refractivity contribution is 14.1. The van der Waals surface area contributed by atoms with Gasteiger partial charge in [-0.3, -0.25) is 0 Å². The molecule has 0 bridgehead atoms. The molecule has 82 valence electrons. The molecule has 0 saturated carbocycles. The van der Waals surface area contributed by atoms with Crippen LogP contribution in [0.4, 0.5) is 0 Å². The number of piperidine rings is 1. The molecule has 0 aromatic heterocycles. The number of halogens is 1. The van der Waals surface area contributed by atoms with Crippen molar-refractivity contribution >= 4 is 22.6 Å². The third-order valence-corrected chi connectivity index (χ3v) is 4.13. The van der Waals surface area contributed by atoms with Crippen LogP contribution in [-0.2, 0) is 0 Å². The summed E-state index contributed by atoms with van der Waals surface area (Å²) < 4.78 is 1.32. The van der Waals surface area contributed by atoms with Crippen molar-refractivity contribution in [2.75, 3.05) is 13.1 Å². The van der Waals surface area contributed by atoms with Crippen LogP contribution in [0.5, 0.6) is 0 Å². The van der Waals surface area contributed by atoms with Gasteiger partial charge in [0.1, 0.15) is 0 Å². The molecule has 2 heteroatoms. The number of benzene rings is 1. The van der Waals surface area contributed by atoms with Crippen LogP contribution in [0.15, 0.2) is 24.3 Å². The van der Waals surface area contributed by atoms with E-state index in [1.54, 1.807) is 0 Å². The van der Waals surface area contributed by atoms with E-state index < -0.39 is 0 Å². The molecule has 1 atom stereocenters. The average molecular weight is 315 g/mol. The molecule has 0 aliphatic carbocycles. The second kappa shape index (κ2) is 4.42. The van der Waals surface area contributed by atoms with Crippen LogP contribution in [0.1, 0.15) is 31.7 Å². The van der Waals surface area contributed by atoms with Crippen molar-refractivity contribution < 1.29 is 0 Å². The summed E-state index contributed by atoms with van der Waals surface area (Å²) in [6.07, 6.45) is 1.26. The summed E-state index contributed by atoms with van der Waals surface area (Å²) in [6.45, 7) is 7.01. The standard InChI is InChI=1S/C13H18IN/c1-13(2)9-15-8-7-12(13)10-3-5-11(14)6-4-10/h3-6,12,15H,7-9H2,1-2H3. The minimum absolute atomic E-state index is 0.380. The topological polar surface area (TPSA) is 12.0 Å². The monoisotopic (exact) mass is 315 g/mol.